The summed E-state index contributed by atoms with van der Waals surface area (Å²) in [7, 11) is 1.60. The molecule has 0 bridgehead atoms. The Bertz CT molecular complexity index is 1210. The van der Waals surface area contributed by atoms with Crippen LogP contribution in [0, 0.1) is 0 Å². The van der Waals surface area contributed by atoms with Crippen molar-refractivity contribution in [3.8, 4) is 22.8 Å². The highest BCUT2D eigenvalue weighted by Gasteiger charge is 2.16. The average molecular weight is 386 g/mol. The van der Waals surface area contributed by atoms with E-state index in [1.165, 1.54) is 6.21 Å². The van der Waals surface area contributed by atoms with Gasteiger partial charge in [-0.2, -0.15) is 10.2 Å². The summed E-state index contributed by atoms with van der Waals surface area (Å²) < 4.78 is 5.50. The molecule has 7 heteroatoms. The first kappa shape index (κ1) is 18.2. The number of H-pyrrole nitrogens is 1. The maximum absolute atomic E-state index is 12.4. The second kappa shape index (κ2) is 7.85. The van der Waals surface area contributed by atoms with E-state index in [4.69, 9.17) is 4.74 Å². The van der Waals surface area contributed by atoms with Crippen LogP contribution < -0.4 is 10.2 Å². The monoisotopic (exact) mass is 386 g/mol. The summed E-state index contributed by atoms with van der Waals surface area (Å²) >= 11 is 0. The number of fused-ring (bicyclic) bond motifs is 1. The normalized spacial score (nSPS) is 11.1. The van der Waals surface area contributed by atoms with Crippen molar-refractivity contribution in [1.29, 1.82) is 0 Å². The topological polar surface area (TPSA) is 99.6 Å². The van der Waals surface area contributed by atoms with Crippen molar-refractivity contribution in [2.24, 2.45) is 5.10 Å². The molecular formula is C22H18N4O3. The minimum absolute atomic E-state index is 0.0809. The van der Waals surface area contributed by atoms with Crippen LogP contribution in [0.25, 0.3) is 22.0 Å². The number of nitrogens with zero attached hydrogens (tertiary/aromatic N) is 2. The second-order valence-electron chi connectivity index (χ2n) is 6.29. The van der Waals surface area contributed by atoms with Crippen LogP contribution in [0.3, 0.4) is 0 Å². The van der Waals surface area contributed by atoms with Crippen molar-refractivity contribution in [2.45, 2.75) is 0 Å². The summed E-state index contributed by atoms with van der Waals surface area (Å²) in [5.41, 5.74) is 4.57. The molecule has 0 saturated heterocycles. The number of amides is 1. The van der Waals surface area contributed by atoms with Gasteiger partial charge in [0.25, 0.3) is 5.91 Å². The molecule has 4 rings (SSSR count). The van der Waals surface area contributed by atoms with Gasteiger partial charge in [-0.25, -0.2) is 5.43 Å². The van der Waals surface area contributed by atoms with E-state index in [1.54, 1.807) is 37.4 Å². The Labute approximate surface area is 166 Å². The van der Waals surface area contributed by atoms with E-state index in [2.05, 4.69) is 20.7 Å². The summed E-state index contributed by atoms with van der Waals surface area (Å²) in [4.78, 5) is 12.4. The number of hydrogen-bond donors (Lipinski definition) is 3. The van der Waals surface area contributed by atoms with Crippen molar-refractivity contribution in [3.05, 3.63) is 78.0 Å². The zero-order valence-electron chi connectivity index (χ0n) is 15.6. The molecule has 7 nitrogen and oxygen atoms in total. The number of carbonyl (C=O) groups is 1. The number of phenols is 1. The largest absolute Gasteiger partial charge is 0.507 e. The number of methoxy groups -OCH3 is 1. The van der Waals surface area contributed by atoms with Gasteiger partial charge < -0.3 is 9.84 Å². The van der Waals surface area contributed by atoms with Gasteiger partial charge in [-0.15, -0.1) is 0 Å². The molecule has 1 heterocycles. The van der Waals surface area contributed by atoms with E-state index in [1.807, 2.05) is 36.4 Å². The SMILES string of the molecule is COc1ccc2ccccc2c1-c1cc(C(=O)NN=Cc2ccccc2O)[nH]n1. The van der Waals surface area contributed by atoms with E-state index >= 15 is 0 Å². The third-order valence-corrected chi connectivity index (χ3v) is 4.50. The van der Waals surface area contributed by atoms with Gasteiger partial charge >= 0.3 is 0 Å². The Kier molecular flexibility index (Phi) is 4.94. The number of aromatic amines is 1. The Morgan fingerprint density at radius 3 is 2.76 bits per heavy atom. The molecule has 3 aromatic carbocycles. The smallest absolute Gasteiger partial charge is 0.289 e. The number of benzene rings is 3. The number of hydrazone groups is 1. The first-order valence-electron chi connectivity index (χ1n) is 8.90. The van der Waals surface area contributed by atoms with Crippen molar-refractivity contribution in [1.82, 2.24) is 15.6 Å². The molecule has 1 amide bonds. The van der Waals surface area contributed by atoms with Crippen molar-refractivity contribution in [2.75, 3.05) is 7.11 Å². The molecule has 4 aromatic rings. The van der Waals surface area contributed by atoms with E-state index in [0.29, 0.717) is 17.0 Å². The van der Waals surface area contributed by atoms with Crippen molar-refractivity contribution < 1.29 is 14.6 Å². The molecule has 0 aliphatic rings. The molecule has 0 radical (unpaired) electrons. The lowest BCUT2D eigenvalue weighted by Crippen LogP contribution is -2.18. The number of rotatable bonds is 5. The van der Waals surface area contributed by atoms with Crippen LogP contribution >= 0.6 is 0 Å². The van der Waals surface area contributed by atoms with Gasteiger partial charge in [0, 0.05) is 5.56 Å². The maximum Gasteiger partial charge on any atom is 0.289 e. The molecule has 0 fully saturated rings. The van der Waals surface area contributed by atoms with Gasteiger partial charge in [0.15, 0.2) is 0 Å². The standard InChI is InChI=1S/C22H18N4O3/c1-29-20-11-10-14-6-2-4-8-16(14)21(20)17-12-18(25-24-17)22(28)26-23-13-15-7-3-5-9-19(15)27/h2-13,27H,1H3,(H,24,25)(H,26,28). The van der Waals surface area contributed by atoms with Crippen LogP contribution in [0.4, 0.5) is 0 Å². The van der Waals surface area contributed by atoms with Crippen LogP contribution in [-0.4, -0.2) is 34.5 Å². The number of ether oxygens (including phenoxy) is 1. The second-order valence-corrected chi connectivity index (χ2v) is 6.29. The Hall–Kier alpha value is -4.13. The van der Waals surface area contributed by atoms with Crippen molar-refractivity contribution in [3.63, 3.8) is 0 Å². The summed E-state index contributed by atoms with van der Waals surface area (Å²) in [6.45, 7) is 0. The highest BCUT2D eigenvalue weighted by atomic mass is 16.5. The Morgan fingerprint density at radius 1 is 1.14 bits per heavy atom. The number of phenolic OH excluding ortho intramolecular Hbond substituents is 1. The quantitative estimate of drug-likeness (QED) is 0.360. The van der Waals surface area contributed by atoms with Crippen LogP contribution in [0.1, 0.15) is 16.1 Å². The molecule has 0 saturated carbocycles. The first-order chi connectivity index (χ1) is 14.2. The van der Waals surface area contributed by atoms with Crippen LogP contribution in [0.5, 0.6) is 11.5 Å². The minimum Gasteiger partial charge on any atom is -0.507 e. The Morgan fingerprint density at radius 2 is 1.93 bits per heavy atom. The van der Waals surface area contributed by atoms with Gasteiger partial charge in [0.05, 0.1) is 24.6 Å². The molecular weight excluding hydrogens is 368 g/mol. The summed E-state index contributed by atoms with van der Waals surface area (Å²) in [5, 5.41) is 22.7. The lowest BCUT2D eigenvalue weighted by molar-refractivity contribution is 0.0950. The lowest BCUT2D eigenvalue weighted by atomic mass is 10.0. The zero-order valence-corrected chi connectivity index (χ0v) is 15.6. The molecule has 1 aromatic heterocycles. The van der Waals surface area contributed by atoms with Gasteiger partial charge in [-0.1, -0.05) is 42.5 Å². The van der Waals surface area contributed by atoms with Gasteiger partial charge in [0.1, 0.15) is 17.2 Å². The summed E-state index contributed by atoms with van der Waals surface area (Å²) in [6.07, 6.45) is 1.37. The van der Waals surface area contributed by atoms with Crippen LogP contribution in [-0.2, 0) is 0 Å². The molecule has 0 spiro atoms. The minimum atomic E-state index is -0.449. The first-order valence-corrected chi connectivity index (χ1v) is 8.90. The lowest BCUT2D eigenvalue weighted by Gasteiger charge is -2.09. The number of nitrogens with one attached hydrogen (secondary N) is 2. The molecule has 0 atom stereocenters. The molecule has 29 heavy (non-hydrogen) atoms. The summed E-state index contributed by atoms with van der Waals surface area (Å²) in [5.74, 6) is 0.298. The number of hydrogen-bond acceptors (Lipinski definition) is 5. The predicted molar refractivity (Wildman–Crippen MR) is 111 cm³/mol. The van der Waals surface area contributed by atoms with Crippen LogP contribution in [0.2, 0.25) is 0 Å². The van der Waals surface area contributed by atoms with Gasteiger partial charge in [-0.05, 0) is 35.0 Å². The number of para-hydroxylation sites is 1. The van der Waals surface area contributed by atoms with Gasteiger partial charge in [0.2, 0.25) is 0 Å². The maximum atomic E-state index is 12.4. The van der Waals surface area contributed by atoms with E-state index < -0.39 is 5.91 Å². The molecule has 0 aliphatic carbocycles. The predicted octanol–water partition coefficient (Wildman–Crippen LogP) is 3.71. The Balaban J connectivity index is 1.60. The van der Waals surface area contributed by atoms with E-state index in [0.717, 1.165) is 16.3 Å². The van der Waals surface area contributed by atoms with E-state index in [-0.39, 0.29) is 11.4 Å². The van der Waals surface area contributed by atoms with Gasteiger partial charge in [-0.3, -0.25) is 9.89 Å². The molecule has 144 valence electrons. The third kappa shape index (κ3) is 3.66. The third-order valence-electron chi connectivity index (χ3n) is 4.50. The van der Waals surface area contributed by atoms with E-state index in [9.17, 15) is 9.90 Å². The fraction of sp³-hybridized carbons (Fsp3) is 0.0455. The average Bonchev–Trinajstić information content (AvgIpc) is 3.24. The highest BCUT2D eigenvalue weighted by Crippen LogP contribution is 2.36. The molecule has 0 unspecified atom stereocenters. The number of aromatic nitrogens is 2. The number of carbonyl (C=O) groups excluding carboxylic acids is 1. The molecule has 0 aliphatic heterocycles. The zero-order chi connectivity index (χ0) is 20.2. The van der Waals surface area contributed by atoms with Crippen LogP contribution in [0.15, 0.2) is 71.8 Å². The van der Waals surface area contributed by atoms with Crippen molar-refractivity contribution >= 4 is 22.9 Å². The molecule has 3 N–H and O–H groups in total. The summed E-state index contributed by atoms with van der Waals surface area (Å²) in [6, 6.07) is 20.1. The highest BCUT2D eigenvalue weighted by molar-refractivity contribution is 6.00. The fourth-order valence-electron chi connectivity index (χ4n) is 3.07. The fourth-order valence-corrected chi connectivity index (χ4v) is 3.07. The number of aromatic hydroxyl groups is 1.